The first-order valence-electron chi connectivity index (χ1n) is 7.67. The third kappa shape index (κ3) is 4.69. The molecule has 0 aliphatic rings. The van der Waals surface area contributed by atoms with Gasteiger partial charge >= 0.3 is 7.60 Å². The van der Waals surface area contributed by atoms with Crippen molar-refractivity contribution in [2.24, 2.45) is 0 Å². The summed E-state index contributed by atoms with van der Waals surface area (Å²) < 4.78 is 30.3. The van der Waals surface area contributed by atoms with Crippen molar-refractivity contribution < 1.29 is 18.0 Å². The van der Waals surface area contributed by atoms with Gasteiger partial charge in [0.2, 0.25) is 0 Å². The first-order valence-corrected chi connectivity index (χ1v) is 11.6. The molecule has 1 aromatic rings. The second kappa shape index (κ2) is 7.78. The van der Waals surface area contributed by atoms with Gasteiger partial charge in [0.1, 0.15) is 11.1 Å². The van der Waals surface area contributed by atoms with Crippen LogP contribution >= 0.6 is 7.60 Å². The Bertz CT molecular complexity index is 527. The molecule has 0 spiro atoms. The summed E-state index contributed by atoms with van der Waals surface area (Å²) in [5, 5.41) is 0.537. The van der Waals surface area contributed by atoms with Crippen LogP contribution < -0.4 is 9.73 Å². The van der Waals surface area contributed by atoms with E-state index in [1.807, 2.05) is 26.0 Å². The van der Waals surface area contributed by atoms with Crippen molar-refractivity contribution in [1.82, 2.24) is 0 Å². The standard InChI is InChI=1S/C16H28O4PSi/c1-8-18-21(17,19-9-2)14-12-10-11-13(16(3,4)5)15(14)20-22(6)7/h10-12H,8-9H2,1-7H3. The summed E-state index contributed by atoms with van der Waals surface area (Å²) in [4.78, 5) is 0. The molecule has 0 aromatic heterocycles. The fourth-order valence-corrected chi connectivity index (χ4v) is 4.59. The summed E-state index contributed by atoms with van der Waals surface area (Å²) in [6.45, 7) is 14.7. The average molecular weight is 343 g/mol. The maximum atomic E-state index is 13.2. The summed E-state index contributed by atoms with van der Waals surface area (Å²) in [5.74, 6) is 0.666. The maximum Gasteiger partial charge on any atom is 0.365 e. The summed E-state index contributed by atoms with van der Waals surface area (Å²) in [7, 11) is -4.38. The smallest absolute Gasteiger partial charge is 0.365 e. The van der Waals surface area contributed by atoms with Gasteiger partial charge in [-0.15, -0.1) is 0 Å². The molecule has 22 heavy (non-hydrogen) atoms. The second-order valence-electron chi connectivity index (χ2n) is 6.25. The summed E-state index contributed by atoms with van der Waals surface area (Å²) in [5.41, 5.74) is 0.905. The highest BCUT2D eigenvalue weighted by atomic mass is 31.2. The van der Waals surface area contributed by atoms with Crippen molar-refractivity contribution in [3.63, 3.8) is 0 Å². The predicted octanol–water partition coefficient (Wildman–Crippen LogP) is 4.51. The lowest BCUT2D eigenvalue weighted by molar-refractivity contribution is 0.229. The fraction of sp³-hybridized carbons (Fsp3) is 0.625. The van der Waals surface area contributed by atoms with E-state index in [-0.39, 0.29) is 5.41 Å². The minimum absolute atomic E-state index is 0.119. The van der Waals surface area contributed by atoms with Crippen LogP contribution in [-0.2, 0) is 19.0 Å². The van der Waals surface area contributed by atoms with Gasteiger partial charge < -0.3 is 13.5 Å². The Morgan fingerprint density at radius 3 is 2.05 bits per heavy atom. The molecule has 125 valence electrons. The van der Waals surface area contributed by atoms with Crippen LogP contribution in [0.25, 0.3) is 0 Å². The molecule has 0 amide bonds. The van der Waals surface area contributed by atoms with Crippen LogP contribution in [0.15, 0.2) is 18.2 Å². The van der Waals surface area contributed by atoms with Gasteiger partial charge in [-0.1, -0.05) is 32.9 Å². The van der Waals surface area contributed by atoms with E-state index >= 15 is 0 Å². The van der Waals surface area contributed by atoms with Crippen molar-refractivity contribution in [2.75, 3.05) is 13.2 Å². The third-order valence-corrected chi connectivity index (χ3v) is 5.75. The number of hydrogen-bond donors (Lipinski definition) is 0. The first kappa shape index (κ1) is 19.4. The molecule has 0 unspecified atom stereocenters. The summed E-state index contributed by atoms with van der Waals surface area (Å²) in [6.07, 6.45) is 0. The van der Waals surface area contributed by atoms with Crippen molar-refractivity contribution in [1.29, 1.82) is 0 Å². The first-order chi connectivity index (χ1) is 10.2. The molecular formula is C16H28O4PSi. The van der Waals surface area contributed by atoms with Gasteiger partial charge in [0.25, 0.3) is 9.04 Å². The molecule has 0 saturated carbocycles. The third-order valence-electron chi connectivity index (χ3n) is 3.00. The van der Waals surface area contributed by atoms with E-state index in [0.29, 0.717) is 24.3 Å². The number of rotatable bonds is 7. The van der Waals surface area contributed by atoms with Crippen molar-refractivity contribution in [2.45, 2.75) is 53.1 Å². The SMILES string of the molecule is CCOP(=O)(OCC)c1cccc(C(C)(C)C)c1O[Si](C)C. The van der Waals surface area contributed by atoms with Crippen LogP contribution in [0.2, 0.25) is 13.1 Å². The van der Waals surface area contributed by atoms with Crippen LogP contribution in [0.4, 0.5) is 0 Å². The van der Waals surface area contributed by atoms with Gasteiger partial charge in [-0.05, 0) is 44.0 Å². The van der Waals surface area contributed by atoms with E-state index in [1.165, 1.54) is 0 Å². The van der Waals surface area contributed by atoms with Gasteiger partial charge in [0.05, 0.1) is 13.2 Å². The molecule has 0 bridgehead atoms. The second-order valence-corrected chi connectivity index (χ2v) is 10.3. The molecule has 0 fully saturated rings. The molecule has 0 saturated heterocycles. The highest BCUT2D eigenvalue weighted by Gasteiger charge is 2.34. The highest BCUT2D eigenvalue weighted by Crippen LogP contribution is 2.50. The lowest BCUT2D eigenvalue weighted by Gasteiger charge is -2.28. The molecular weight excluding hydrogens is 315 g/mol. The zero-order valence-corrected chi connectivity index (χ0v) is 16.6. The Hall–Kier alpha value is -0.613. The monoisotopic (exact) mass is 343 g/mol. The van der Waals surface area contributed by atoms with Gasteiger partial charge in [0, 0.05) is 0 Å². The van der Waals surface area contributed by atoms with Crippen molar-refractivity contribution in [3.05, 3.63) is 23.8 Å². The van der Waals surface area contributed by atoms with E-state index in [9.17, 15) is 4.57 Å². The van der Waals surface area contributed by atoms with Crippen LogP contribution in [0.5, 0.6) is 5.75 Å². The van der Waals surface area contributed by atoms with Gasteiger partial charge in [-0.25, -0.2) is 0 Å². The van der Waals surface area contributed by atoms with Crippen LogP contribution in [0.1, 0.15) is 40.2 Å². The normalized spacial score (nSPS) is 12.7. The summed E-state index contributed by atoms with van der Waals surface area (Å²) in [6, 6.07) is 5.71. The Morgan fingerprint density at radius 1 is 1.09 bits per heavy atom. The van der Waals surface area contributed by atoms with Gasteiger partial charge in [0.15, 0.2) is 0 Å². The average Bonchev–Trinajstić information content (AvgIpc) is 2.37. The van der Waals surface area contributed by atoms with Gasteiger partial charge in [-0.2, -0.15) is 0 Å². The molecule has 1 rings (SSSR count). The number of hydrogen-bond acceptors (Lipinski definition) is 4. The Labute approximate surface area is 136 Å². The molecule has 0 atom stereocenters. The van der Waals surface area contributed by atoms with Crippen LogP contribution in [-0.4, -0.2) is 22.3 Å². The lowest BCUT2D eigenvalue weighted by Crippen LogP contribution is -2.25. The summed E-state index contributed by atoms with van der Waals surface area (Å²) >= 11 is 0. The molecule has 0 aliphatic heterocycles. The minimum Gasteiger partial charge on any atom is -0.542 e. The van der Waals surface area contributed by atoms with Crippen molar-refractivity contribution >= 4 is 21.9 Å². The van der Waals surface area contributed by atoms with E-state index in [1.54, 1.807) is 6.07 Å². The van der Waals surface area contributed by atoms with Crippen LogP contribution in [0, 0.1) is 0 Å². The molecule has 0 heterocycles. The molecule has 1 radical (unpaired) electrons. The van der Waals surface area contributed by atoms with Gasteiger partial charge in [-0.3, -0.25) is 4.57 Å². The number of benzene rings is 1. The maximum absolute atomic E-state index is 13.2. The van der Waals surface area contributed by atoms with Crippen molar-refractivity contribution in [3.8, 4) is 5.75 Å². The molecule has 0 N–H and O–H groups in total. The molecule has 4 nitrogen and oxygen atoms in total. The fourth-order valence-electron chi connectivity index (χ4n) is 2.16. The number of para-hydroxylation sites is 1. The van der Waals surface area contributed by atoms with E-state index in [0.717, 1.165) is 5.56 Å². The Morgan fingerprint density at radius 2 is 1.64 bits per heavy atom. The Balaban J connectivity index is 3.54. The predicted molar refractivity (Wildman–Crippen MR) is 93.7 cm³/mol. The highest BCUT2D eigenvalue weighted by molar-refractivity contribution is 7.62. The molecule has 6 heteroatoms. The van der Waals surface area contributed by atoms with E-state index < -0.39 is 16.6 Å². The largest absolute Gasteiger partial charge is 0.542 e. The molecule has 0 aliphatic carbocycles. The zero-order valence-electron chi connectivity index (χ0n) is 14.7. The lowest BCUT2D eigenvalue weighted by atomic mass is 9.86. The minimum atomic E-state index is -3.37. The Kier molecular flexibility index (Phi) is 6.87. The van der Waals surface area contributed by atoms with E-state index in [4.69, 9.17) is 13.5 Å². The quantitative estimate of drug-likeness (QED) is 0.540. The van der Waals surface area contributed by atoms with Crippen LogP contribution in [0.3, 0.4) is 0 Å². The molecule has 1 aromatic carbocycles. The zero-order chi connectivity index (χ0) is 17.0. The van der Waals surface area contributed by atoms with E-state index in [2.05, 4.69) is 33.9 Å². The topological polar surface area (TPSA) is 44.8 Å².